The molecule has 0 aromatic carbocycles. The molecule has 0 saturated carbocycles. The Morgan fingerprint density at radius 2 is 1.70 bits per heavy atom. The van der Waals surface area contributed by atoms with Gasteiger partial charge in [0.15, 0.2) is 11.6 Å². The Hall–Kier alpha value is -1.59. The second kappa shape index (κ2) is 2.34. The molecule has 1 aromatic heterocycles. The molecule has 0 unspecified atom stereocenters. The molecule has 0 bridgehead atoms. The molecule has 0 radical (unpaired) electrons. The molecule has 4 N–H and O–H groups in total. The lowest BCUT2D eigenvalue weighted by Crippen LogP contribution is -2.04. The van der Waals surface area contributed by atoms with E-state index in [1.807, 2.05) is 0 Å². The Morgan fingerprint density at radius 3 is 2.00 bits per heavy atom. The van der Waals surface area contributed by atoms with Crippen LogP contribution in [0, 0.1) is 0 Å². The molecule has 0 fully saturated rings. The second-order valence-electron chi connectivity index (χ2n) is 1.59. The number of ether oxygens (including phenoxy) is 1. The fraction of sp³-hybridized carbons (Fsp3) is 0.250. The predicted molar refractivity (Wildman–Crippen MR) is 35.2 cm³/mol. The van der Waals surface area contributed by atoms with Gasteiger partial charge in [-0.2, -0.15) is 0 Å². The Kier molecular flexibility index (Phi) is 1.53. The van der Waals surface area contributed by atoms with Crippen LogP contribution in [-0.4, -0.2) is 22.5 Å². The van der Waals surface area contributed by atoms with Gasteiger partial charge in [-0.1, -0.05) is 0 Å². The van der Waals surface area contributed by atoms with Gasteiger partial charge >= 0.3 is 0 Å². The molecule has 10 heavy (non-hydrogen) atoms. The van der Waals surface area contributed by atoms with Crippen LogP contribution in [-0.2, 0) is 0 Å². The topological polar surface area (TPSA) is 99.9 Å². The van der Waals surface area contributed by atoms with Crippen molar-refractivity contribution in [2.75, 3.05) is 18.6 Å². The predicted octanol–water partition coefficient (Wildman–Crippen LogP) is -0.955. The van der Waals surface area contributed by atoms with E-state index in [0.717, 1.165) is 0 Å². The average Bonchev–Trinajstić information content (AvgIpc) is 1.88. The standard InChI is InChI=1S/C4H7N5O/c1-10-2-3(5)7-9-8-4(2)6/h1H3,(H4,5,6,7,8). The number of nitrogen functional groups attached to an aromatic ring is 2. The fourth-order valence-corrected chi connectivity index (χ4v) is 0.550. The molecule has 6 heteroatoms. The van der Waals surface area contributed by atoms with Gasteiger partial charge in [0.05, 0.1) is 7.11 Å². The van der Waals surface area contributed by atoms with Crippen molar-refractivity contribution in [2.45, 2.75) is 0 Å². The molecule has 0 aliphatic carbocycles. The summed E-state index contributed by atoms with van der Waals surface area (Å²) in [6.07, 6.45) is 0. The highest BCUT2D eigenvalue weighted by molar-refractivity contribution is 5.57. The maximum absolute atomic E-state index is 5.31. The minimum Gasteiger partial charge on any atom is -0.490 e. The Bertz CT molecular complexity index is 217. The third-order valence-electron chi connectivity index (χ3n) is 0.974. The van der Waals surface area contributed by atoms with E-state index in [0.29, 0.717) is 0 Å². The average molecular weight is 141 g/mol. The lowest BCUT2D eigenvalue weighted by Gasteiger charge is -2.01. The van der Waals surface area contributed by atoms with Gasteiger partial charge in [-0.25, -0.2) is 0 Å². The van der Waals surface area contributed by atoms with Crippen LogP contribution in [0.4, 0.5) is 11.6 Å². The van der Waals surface area contributed by atoms with Crippen molar-refractivity contribution in [2.24, 2.45) is 0 Å². The molecule has 0 saturated heterocycles. The monoisotopic (exact) mass is 141 g/mol. The van der Waals surface area contributed by atoms with Crippen molar-refractivity contribution in [3.63, 3.8) is 0 Å². The van der Waals surface area contributed by atoms with Crippen molar-refractivity contribution < 1.29 is 4.74 Å². The summed E-state index contributed by atoms with van der Waals surface area (Å²) < 4.78 is 4.76. The first-order valence-electron chi connectivity index (χ1n) is 2.54. The van der Waals surface area contributed by atoms with Crippen molar-refractivity contribution in [1.29, 1.82) is 0 Å². The first kappa shape index (κ1) is 6.53. The van der Waals surface area contributed by atoms with Gasteiger partial charge in [-0.3, -0.25) is 0 Å². The third kappa shape index (κ3) is 0.903. The van der Waals surface area contributed by atoms with Crippen LogP contribution in [0.1, 0.15) is 0 Å². The normalized spacial score (nSPS) is 9.30. The molecule has 1 rings (SSSR count). The summed E-state index contributed by atoms with van der Waals surface area (Å²) in [7, 11) is 1.44. The molecular formula is C4H7N5O. The molecule has 1 heterocycles. The highest BCUT2D eigenvalue weighted by atomic mass is 16.5. The second-order valence-corrected chi connectivity index (χ2v) is 1.59. The number of hydrogen-bond acceptors (Lipinski definition) is 6. The summed E-state index contributed by atoms with van der Waals surface area (Å²) in [4.78, 5) is 0. The zero-order valence-corrected chi connectivity index (χ0v) is 5.40. The van der Waals surface area contributed by atoms with Crippen LogP contribution in [0.3, 0.4) is 0 Å². The Morgan fingerprint density at radius 1 is 1.20 bits per heavy atom. The minimum atomic E-state index is 0.148. The maximum Gasteiger partial charge on any atom is 0.207 e. The smallest absolute Gasteiger partial charge is 0.207 e. The summed E-state index contributed by atoms with van der Waals surface area (Å²) in [6, 6.07) is 0. The van der Waals surface area contributed by atoms with E-state index in [4.69, 9.17) is 16.2 Å². The Labute approximate surface area is 57.2 Å². The number of nitrogens with two attached hydrogens (primary N) is 2. The van der Waals surface area contributed by atoms with E-state index in [1.165, 1.54) is 7.11 Å². The lowest BCUT2D eigenvalue weighted by molar-refractivity contribution is 0.413. The molecule has 1 aromatic rings. The highest BCUT2D eigenvalue weighted by Crippen LogP contribution is 2.21. The number of anilines is 2. The SMILES string of the molecule is COc1c(N)nnnc1N. The van der Waals surface area contributed by atoms with E-state index in [2.05, 4.69) is 15.4 Å². The highest BCUT2D eigenvalue weighted by Gasteiger charge is 2.05. The van der Waals surface area contributed by atoms with Gasteiger partial charge < -0.3 is 16.2 Å². The molecule has 0 spiro atoms. The summed E-state index contributed by atoms with van der Waals surface area (Å²) in [5.41, 5.74) is 10.6. The van der Waals surface area contributed by atoms with Gasteiger partial charge in [0.25, 0.3) is 0 Å². The summed E-state index contributed by atoms with van der Waals surface area (Å²) in [5.74, 6) is 0.569. The zero-order chi connectivity index (χ0) is 7.56. The molecule has 0 aliphatic rings. The maximum atomic E-state index is 5.31. The van der Waals surface area contributed by atoms with E-state index >= 15 is 0 Å². The molecule has 0 atom stereocenters. The van der Waals surface area contributed by atoms with Crippen molar-refractivity contribution in [3.05, 3.63) is 0 Å². The first-order chi connectivity index (χ1) is 4.75. The first-order valence-corrected chi connectivity index (χ1v) is 2.54. The number of nitrogens with zero attached hydrogens (tertiary/aromatic N) is 3. The minimum absolute atomic E-state index is 0.148. The quantitative estimate of drug-likeness (QED) is 0.522. The van der Waals surface area contributed by atoms with Crippen molar-refractivity contribution >= 4 is 11.6 Å². The Balaban J connectivity index is 3.17. The molecule has 0 aliphatic heterocycles. The van der Waals surface area contributed by atoms with Crippen LogP contribution in [0.15, 0.2) is 0 Å². The third-order valence-corrected chi connectivity index (χ3v) is 0.974. The lowest BCUT2D eigenvalue weighted by atomic mass is 10.5. The van der Waals surface area contributed by atoms with Crippen LogP contribution >= 0.6 is 0 Å². The van der Waals surface area contributed by atoms with Crippen molar-refractivity contribution in [3.8, 4) is 5.75 Å². The van der Waals surface area contributed by atoms with E-state index in [1.54, 1.807) is 0 Å². The van der Waals surface area contributed by atoms with Crippen LogP contribution in [0.2, 0.25) is 0 Å². The van der Waals surface area contributed by atoms with Crippen molar-refractivity contribution in [1.82, 2.24) is 15.4 Å². The fourth-order valence-electron chi connectivity index (χ4n) is 0.550. The van der Waals surface area contributed by atoms with E-state index < -0.39 is 0 Å². The summed E-state index contributed by atoms with van der Waals surface area (Å²) >= 11 is 0. The zero-order valence-electron chi connectivity index (χ0n) is 5.40. The molecule has 0 amide bonds. The largest absolute Gasteiger partial charge is 0.490 e. The number of aromatic nitrogens is 3. The molecule has 54 valence electrons. The van der Waals surface area contributed by atoms with Gasteiger partial charge in [-0.05, 0) is 5.21 Å². The molecule has 6 nitrogen and oxygen atoms in total. The van der Waals surface area contributed by atoms with Gasteiger partial charge in [0.2, 0.25) is 5.75 Å². The van der Waals surface area contributed by atoms with Gasteiger partial charge in [0, 0.05) is 0 Å². The number of rotatable bonds is 1. The summed E-state index contributed by atoms with van der Waals surface area (Å²) in [6.45, 7) is 0. The van der Waals surface area contributed by atoms with Crippen LogP contribution in [0.25, 0.3) is 0 Å². The summed E-state index contributed by atoms with van der Waals surface area (Å²) in [5, 5.41) is 10.1. The van der Waals surface area contributed by atoms with E-state index in [-0.39, 0.29) is 17.4 Å². The van der Waals surface area contributed by atoms with Crippen LogP contribution in [0.5, 0.6) is 5.75 Å². The number of methoxy groups -OCH3 is 1. The number of hydrogen-bond donors (Lipinski definition) is 2. The van der Waals surface area contributed by atoms with Gasteiger partial charge in [0.1, 0.15) is 0 Å². The van der Waals surface area contributed by atoms with Gasteiger partial charge in [-0.15, -0.1) is 10.2 Å². The van der Waals surface area contributed by atoms with E-state index in [9.17, 15) is 0 Å². The van der Waals surface area contributed by atoms with Crippen LogP contribution < -0.4 is 16.2 Å². The molecular weight excluding hydrogens is 134 g/mol.